The molecule has 11 heteroatoms. The first kappa shape index (κ1) is 36.3. The van der Waals surface area contributed by atoms with Crippen molar-refractivity contribution in [1.82, 2.24) is 23.8 Å². The van der Waals surface area contributed by atoms with Crippen molar-refractivity contribution in [2.45, 2.75) is 44.8 Å². The van der Waals surface area contributed by atoms with Crippen molar-refractivity contribution in [3.63, 3.8) is 0 Å². The lowest BCUT2D eigenvalue weighted by molar-refractivity contribution is 0.0536. The van der Waals surface area contributed by atoms with Gasteiger partial charge in [-0.1, -0.05) is 24.3 Å². The van der Waals surface area contributed by atoms with E-state index in [1.165, 1.54) is 11.1 Å². The zero-order valence-electron chi connectivity index (χ0n) is 33.1. The van der Waals surface area contributed by atoms with Crippen LogP contribution in [0.25, 0.3) is 22.2 Å². The van der Waals surface area contributed by atoms with Gasteiger partial charge in [0.05, 0.1) is 11.1 Å². The van der Waals surface area contributed by atoms with E-state index in [1.807, 2.05) is 55.7 Å². The molecule has 1 atom stereocenters. The number of phenolic OH excluding ortho intramolecular Hbond substituents is 1. The molecule has 6 aromatic rings. The second-order valence-electron chi connectivity index (χ2n) is 16.2. The molecule has 0 aliphatic carbocycles. The number of hydrogen-bond acceptors (Lipinski definition) is 7. The van der Waals surface area contributed by atoms with Crippen molar-refractivity contribution in [3.8, 4) is 28.5 Å². The van der Waals surface area contributed by atoms with E-state index in [9.17, 15) is 5.11 Å². The summed E-state index contributed by atoms with van der Waals surface area (Å²) in [6.45, 7) is 6.08. The van der Waals surface area contributed by atoms with Crippen molar-refractivity contribution in [2.75, 3.05) is 51.5 Å². The molecule has 0 unspecified atom stereocenters. The smallest absolute Gasteiger partial charge is 0.264 e. The van der Waals surface area contributed by atoms with Crippen molar-refractivity contribution in [3.05, 3.63) is 125 Å². The number of aryl methyl sites for hydroxylation is 1. The van der Waals surface area contributed by atoms with Gasteiger partial charge in [0.2, 0.25) is 6.79 Å². The molecule has 58 heavy (non-hydrogen) atoms. The summed E-state index contributed by atoms with van der Waals surface area (Å²) in [5, 5.41) is 11.2. The van der Waals surface area contributed by atoms with Gasteiger partial charge in [0, 0.05) is 104 Å². The van der Waals surface area contributed by atoms with Crippen LogP contribution < -0.4 is 14.4 Å². The third kappa shape index (κ3) is 6.48. The predicted molar refractivity (Wildman–Crippen MR) is 224 cm³/mol. The molecule has 296 valence electrons. The van der Waals surface area contributed by atoms with Gasteiger partial charge in [-0.05, 0) is 111 Å². The quantitative estimate of drug-likeness (QED) is 0.183. The van der Waals surface area contributed by atoms with Gasteiger partial charge in [-0.15, -0.1) is 0 Å². The van der Waals surface area contributed by atoms with Crippen LogP contribution in [-0.4, -0.2) is 93.4 Å². The summed E-state index contributed by atoms with van der Waals surface area (Å²) in [7, 11) is 4.17. The fourth-order valence-corrected chi connectivity index (χ4v) is 9.40. The number of likely N-dealkylation sites (N-methyl/N-ethyl adjacent to an activating group) is 1. The van der Waals surface area contributed by atoms with E-state index in [0.717, 1.165) is 98.5 Å². The number of benzene rings is 4. The minimum Gasteiger partial charge on any atom is -0.508 e. The second-order valence-corrected chi connectivity index (χ2v) is 16.2. The molecule has 2 aromatic heterocycles. The molecule has 2 amide bonds. The number of hydrogen-bond donors (Lipinski definition) is 1. The Kier molecular flexibility index (Phi) is 9.21. The van der Waals surface area contributed by atoms with Gasteiger partial charge < -0.3 is 33.5 Å². The Hall–Kier alpha value is -6.04. The first-order valence-corrected chi connectivity index (χ1v) is 20.4. The van der Waals surface area contributed by atoms with Crippen molar-refractivity contribution < 1.29 is 24.2 Å². The van der Waals surface area contributed by atoms with Crippen LogP contribution in [0.5, 0.6) is 17.2 Å². The largest absolute Gasteiger partial charge is 0.508 e. The molecule has 1 saturated heterocycles. The van der Waals surface area contributed by atoms with Crippen molar-refractivity contribution in [2.24, 2.45) is 7.05 Å². The van der Waals surface area contributed by atoms with Crippen LogP contribution in [0.15, 0.2) is 97.2 Å². The molecule has 1 fully saturated rings. The molecule has 1 N–H and O–H groups in total. The number of anilines is 2. The maximum absolute atomic E-state index is 15.3. The van der Waals surface area contributed by atoms with Gasteiger partial charge in [-0.25, -0.2) is 0 Å². The first-order valence-electron chi connectivity index (χ1n) is 20.4. The molecule has 4 aliphatic rings. The number of amides is 2. The van der Waals surface area contributed by atoms with Gasteiger partial charge in [-0.3, -0.25) is 19.4 Å². The van der Waals surface area contributed by atoms with Gasteiger partial charge in [-0.2, -0.15) is 0 Å². The number of nitrogens with zero attached hydrogens (tertiary/aromatic N) is 6. The summed E-state index contributed by atoms with van der Waals surface area (Å²) >= 11 is 0. The molecule has 0 bridgehead atoms. The standard InChI is InChI=1S/C47H48N6O5/c1-48-19-21-50(22-20-48)29-36-23-31-7-3-4-8-33(31)28-52(36)46(55)39-27-45-44(57-30-58-45)26-38(39)43-25-40(42-9-5-6-17-51(42)43)47(56)53(34-10-13-37(54)14-11-34)35-12-15-41-32(24-35)16-18-49(41)2/h3-4,7-8,10-16,18,24-27,36,54H,5-6,9,17,19-23,28-30H2,1-2H3/t36-/m0/s1. The second kappa shape index (κ2) is 14.7. The summed E-state index contributed by atoms with van der Waals surface area (Å²) < 4.78 is 16.2. The number of ether oxygens (including phenoxy) is 2. The topological polar surface area (TPSA) is 95.7 Å². The average Bonchev–Trinajstić information content (AvgIpc) is 3.98. The Morgan fingerprint density at radius 1 is 0.793 bits per heavy atom. The molecular weight excluding hydrogens is 729 g/mol. The SMILES string of the molecule is CN1CCN(C[C@@H]2Cc3ccccc3CN2C(=O)c2cc3c(cc2-c2cc(C(=O)N(c4ccc(O)cc4)c4ccc5c(ccn5C)c4)c4n2CCCC4)OCO3)CC1. The van der Waals surface area contributed by atoms with Crippen molar-refractivity contribution >= 4 is 34.1 Å². The number of aromatic hydroxyl groups is 1. The maximum atomic E-state index is 15.3. The van der Waals surface area contributed by atoms with Gasteiger partial charge in [0.15, 0.2) is 11.5 Å². The minimum atomic E-state index is -0.175. The molecule has 0 radical (unpaired) electrons. The lowest BCUT2D eigenvalue weighted by Gasteiger charge is -2.41. The Labute approximate surface area is 338 Å². The maximum Gasteiger partial charge on any atom is 0.264 e. The fourth-order valence-electron chi connectivity index (χ4n) is 9.40. The normalized spacial score (nSPS) is 18.0. The molecular formula is C47H48N6O5. The Morgan fingerprint density at radius 2 is 1.55 bits per heavy atom. The number of rotatable bonds is 7. The van der Waals surface area contributed by atoms with E-state index in [1.54, 1.807) is 29.2 Å². The molecule has 0 saturated carbocycles. The van der Waals surface area contributed by atoms with Crippen LogP contribution in [0, 0.1) is 0 Å². The van der Waals surface area contributed by atoms with E-state index < -0.39 is 0 Å². The highest BCUT2D eigenvalue weighted by Crippen LogP contribution is 2.43. The molecule has 4 aromatic carbocycles. The lowest BCUT2D eigenvalue weighted by atomic mass is 9.92. The van der Waals surface area contributed by atoms with E-state index in [2.05, 4.69) is 55.1 Å². The van der Waals surface area contributed by atoms with Crippen molar-refractivity contribution in [1.29, 1.82) is 0 Å². The van der Waals surface area contributed by atoms with E-state index in [-0.39, 0.29) is 30.4 Å². The zero-order chi connectivity index (χ0) is 39.5. The molecule has 0 spiro atoms. The number of aromatic nitrogens is 2. The van der Waals surface area contributed by atoms with Crippen LogP contribution in [0.4, 0.5) is 11.4 Å². The monoisotopic (exact) mass is 776 g/mol. The van der Waals surface area contributed by atoms with Gasteiger partial charge in [0.25, 0.3) is 11.8 Å². The first-order chi connectivity index (χ1) is 28.3. The summed E-state index contributed by atoms with van der Waals surface area (Å²) in [6.07, 6.45) is 5.44. The Bertz CT molecular complexity index is 2550. The fraction of sp³-hybridized carbons (Fsp3) is 0.319. The minimum absolute atomic E-state index is 0.0109. The molecule has 11 nitrogen and oxygen atoms in total. The predicted octanol–water partition coefficient (Wildman–Crippen LogP) is 7.21. The molecule has 4 aliphatic heterocycles. The van der Waals surface area contributed by atoms with Crippen LogP contribution in [0.3, 0.4) is 0 Å². The molecule has 10 rings (SSSR count). The molecule has 6 heterocycles. The third-order valence-electron chi connectivity index (χ3n) is 12.6. The van der Waals surface area contributed by atoms with Crippen LogP contribution in [0.2, 0.25) is 0 Å². The van der Waals surface area contributed by atoms with E-state index in [0.29, 0.717) is 34.9 Å². The van der Waals surface area contributed by atoms with Gasteiger partial charge in [0.1, 0.15) is 5.75 Å². The number of phenols is 1. The number of piperazine rings is 1. The third-order valence-corrected chi connectivity index (χ3v) is 12.6. The van der Waals surface area contributed by atoms with Crippen LogP contribution in [0.1, 0.15) is 50.4 Å². The van der Waals surface area contributed by atoms with E-state index >= 15 is 9.59 Å². The highest BCUT2D eigenvalue weighted by Gasteiger charge is 2.36. The summed E-state index contributed by atoms with van der Waals surface area (Å²) in [5.41, 5.74) is 8.53. The van der Waals surface area contributed by atoms with Crippen LogP contribution >= 0.6 is 0 Å². The Morgan fingerprint density at radius 3 is 2.36 bits per heavy atom. The Balaban J connectivity index is 1.08. The number of carbonyl (C=O) groups excluding carboxylic acids is 2. The highest BCUT2D eigenvalue weighted by atomic mass is 16.7. The summed E-state index contributed by atoms with van der Waals surface area (Å²) in [4.78, 5) is 39.2. The van der Waals surface area contributed by atoms with Crippen LogP contribution in [-0.2, 0) is 33.0 Å². The zero-order valence-corrected chi connectivity index (χ0v) is 33.1. The average molecular weight is 777 g/mol. The summed E-state index contributed by atoms with van der Waals surface area (Å²) in [5.74, 6) is 1.04. The van der Waals surface area contributed by atoms with E-state index in [4.69, 9.17) is 9.47 Å². The highest BCUT2D eigenvalue weighted by molar-refractivity contribution is 6.13. The van der Waals surface area contributed by atoms with Gasteiger partial charge >= 0.3 is 0 Å². The lowest BCUT2D eigenvalue weighted by Crippen LogP contribution is -2.53. The number of carbonyl (C=O) groups is 2. The number of fused-ring (bicyclic) bond motifs is 4. The summed E-state index contributed by atoms with van der Waals surface area (Å²) in [6, 6.07) is 29.1.